The van der Waals surface area contributed by atoms with E-state index in [-0.39, 0.29) is 0 Å². The summed E-state index contributed by atoms with van der Waals surface area (Å²) in [6.07, 6.45) is 4.78. The summed E-state index contributed by atoms with van der Waals surface area (Å²) in [5.74, 6) is 1.03. The zero-order valence-electron chi connectivity index (χ0n) is 12.7. The second-order valence-corrected chi connectivity index (χ2v) is 6.42. The average Bonchev–Trinajstić information content (AvgIpc) is 3.12. The van der Waals surface area contributed by atoms with Crippen molar-refractivity contribution in [3.63, 3.8) is 0 Å². The number of nitrogens with zero attached hydrogens (tertiary/aromatic N) is 4. The Bertz CT molecular complexity index is 848. The Hall–Kier alpha value is -2.18. The van der Waals surface area contributed by atoms with Crippen LogP contribution in [-0.2, 0) is 5.54 Å². The van der Waals surface area contributed by atoms with Gasteiger partial charge in [-0.3, -0.25) is 0 Å². The maximum Gasteiger partial charge on any atom is 0.261 e. The van der Waals surface area contributed by atoms with Gasteiger partial charge in [-0.15, -0.1) is 0 Å². The van der Waals surface area contributed by atoms with Crippen LogP contribution < -0.4 is 5.73 Å². The van der Waals surface area contributed by atoms with Crippen LogP contribution in [0.15, 0.2) is 35.0 Å². The highest BCUT2D eigenvalue weighted by Gasteiger charge is 2.39. The normalized spacial score (nSPS) is 16.3. The van der Waals surface area contributed by atoms with E-state index in [0.717, 1.165) is 36.2 Å². The molecule has 2 N–H and O–H groups in total. The Labute approximate surface area is 138 Å². The number of halogens is 1. The predicted octanol–water partition coefficient (Wildman–Crippen LogP) is 3.22. The van der Waals surface area contributed by atoms with Crippen molar-refractivity contribution in [2.45, 2.75) is 31.7 Å². The summed E-state index contributed by atoms with van der Waals surface area (Å²) in [5.41, 5.74) is 8.35. The van der Waals surface area contributed by atoms with Gasteiger partial charge in [-0.05, 0) is 50.5 Å². The van der Waals surface area contributed by atoms with Gasteiger partial charge >= 0.3 is 0 Å². The third kappa shape index (κ3) is 2.44. The molecule has 1 aliphatic rings. The number of hydrogen-bond acceptors (Lipinski definition) is 5. The minimum atomic E-state index is -0.429. The Morgan fingerprint density at radius 3 is 2.65 bits per heavy atom. The Kier molecular flexibility index (Phi) is 3.25. The van der Waals surface area contributed by atoms with Crippen LogP contribution in [-0.4, -0.2) is 19.9 Å². The van der Waals surface area contributed by atoms with Crippen LogP contribution in [0.1, 0.15) is 30.8 Å². The average molecular weight is 330 g/mol. The van der Waals surface area contributed by atoms with Gasteiger partial charge in [0.15, 0.2) is 5.82 Å². The molecule has 0 aliphatic heterocycles. The molecule has 3 aromatic rings. The van der Waals surface area contributed by atoms with E-state index in [4.69, 9.17) is 21.9 Å². The molecule has 1 saturated carbocycles. The van der Waals surface area contributed by atoms with E-state index in [1.54, 1.807) is 4.68 Å². The van der Waals surface area contributed by atoms with Gasteiger partial charge in [0.2, 0.25) is 0 Å². The molecular weight excluding hydrogens is 314 g/mol. The molecule has 0 atom stereocenters. The van der Waals surface area contributed by atoms with E-state index in [0.29, 0.717) is 16.7 Å². The lowest BCUT2D eigenvalue weighted by Gasteiger charge is -2.34. The first-order valence-electron chi connectivity index (χ1n) is 7.51. The smallest absolute Gasteiger partial charge is 0.261 e. The van der Waals surface area contributed by atoms with Crippen LogP contribution in [0.4, 0.5) is 0 Å². The van der Waals surface area contributed by atoms with Crippen LogP contribution in [0.5, 0.6) is 0 Å². The van der Waals surface area contributed by atoms with Gasteiger partial charge in [0.25, 0.3) is 5.89 Å². The van der Waals surface area contributed by atoms with Gasteiger partial charge in [-0.2, -0.15) is 10.1 Å². The van der Waals surface area contributed by atoms with Crippen LogP contribution in [0.25, 0.3) is 17.1 Å². The summed E-state index contributed by atoms with van der Waals surface area (Å²) in [6, 6.07) is 7.46. The number of hydrogen-bond donors (Lipinski definition) is 1. The topological polar surface area (TPSA) is 82.8 Å². The summed E-state index contributed by atoms with van der Waals surface area (Å²) in [4.78, 5) is 4.48. The van der Waals surface area contributed by atoms with Crippen LogP contribution in [0, 0.1) is 6.92 Å². The number of aromatic nitrogens is 4. The van der Waals surface area contributed by atoms with Crippen molar-refractivity contribution in [1.29, 1.82) is 0 Å². The summed E-state index contributed by atoms with van der Waals surface area (Å²) < 4.78 is 7.18. The molecule has 23 heavy (non-hydrogen) atoms. The van der Waals surface area contributed by atoms with Crippen LogP contribution >= 0.6 is 11.6 Å². The lowest BCUT2D eigenvalue weighted by Crippen LogP contribution is -2.44. The third-order valence-electron chi connectivity index (χ3n) is 4.34. The largest absolute Gasteiger partial charge is 0.334 e. The molecular formula is C16H16ClN5O. The molecule has 2 aromatic heterocycles. The molecule has 6 nitrogen and oxygen atoms in total. The first-order valence-corrected chi connectivity index (χ1v) is 7.89. The molecule has 1 aromatic carbocycles. The SMILES string of the molecule is Cc1nn(-c2ccc(Cl)cc2)cc1-c1nc(C2(N)CCC2)no1. The highest BCUT2D eigenvalue weighted by Crippen LogP contribution is 2.37. The fourth-order valence-electron chi connectivity index (χ4n) is 2.71. The van der Waals surface area contributed by atoms with Crippen molar-refractivity contribution in [1.82, 2.24) is 19.9 Å². The van der Waals surface area contributed by atoms with Gasteiger partial charge in [0, 0.05) is 11.2 Å². The summed E-state index contributed by atoms with van der Waals surface area (Å²) in [6.45, 7) is 1.91. The fraction of sp³-hybridized carbons (Fsp3) is 0.312. The van der Waals surface area contributed by atoms with Crippen molar-refractivity contribution in [3.8, 4) is 17.1 Å². The van der Waals surface area contributed by atoms with Crippen LogP contribution in [0.2, 0.25) is 5.02 Å². The molecule has 7 heteroatoms. The maximum atomic E-state index is 6.25. The van der Waals surface area contributed by atoms with Crippen molar-refractivity contribution >= 4 is 11.6 Å². The maximum absolute atomic E-state index is 6.25. The van der Waals surface area contributed by atoms with E-state index >= 15 is 0 Å². The second kappa shape index (κ2) is 5.18. The van der Waals surface area contributed by atoms with E-state index in [2.05, 4.69) is 15.2 Å². The molecule has 0 spiro atoms. The molecule has 0 bridgehead atoms. The quantitative estimate of drug-likeness (QED) is 0.797. The van der Waals surface area contributed by atoms with Gasteiger partial charge in [-0.1, -0.05) is 16.8 Å². The van der Waals surface area contributed by atoms with Gasteiger partial charge in [-0.25, -0.2) is 4.68 Å². The number of aryl methyl sites for hydroxylation is 1. The highest BCUT2D eigenvalue weighted by atomic mass is 35.5. The molecule has 0 unspecified atom stereocenters. The first kappa shape index (κ1) is 14.4. The summed E-state index contributed by atoms with van der Waals surface area (Å²) in [5, 5.41) is 9.25. The van der Waals surface area contributed by atoms with Crippen LogP contribution in [0.3, 0.4) is 0 Å². The molecule has 4 rings (SSSR count). The Morgan fingerprint density at radius 2 is 2.00 bits per heavy atom. The molecule has 1 aliphatic carbocycles. The van der Waals surface area contributed by atoms with Gasteiger partial charge in [0.05, 0.1) is 22.5 Å². The predicted molar refractivity (Wildman–Crippen MR) is 86.3 cm³/mol. The van der Waals surface area contributed by atoms with E-state index < -0.39 is 5.54 Å². The molecule has 0 radical (unpaired) electrons. The van der Waals surface area contributed by atoms with Crippen molar-refractivity contribution in [2.75, 3.05) is 0 Å². The van der Waals surface area contributed by atoms with Gasteiger partial charge in [0.1, 0.15) is 0 Å². The zero-order chi connectivity index (χ0) is 16.0. The van der Waals surface area contributed by atoms with Crippen molar-refractivity contribution in [3.05, 3.63) is 47.0 Å². The fourth-order valence-corrected chi connectivity index (χ4v) is 2.84. The molecule has 0 saturated heterocycles. The molecule has 2 heterocycles. The second-order valence-electron chi connectivity index (χ2n) is 5.98. The molecule has 0 amide bonds. The van der Waals surface area contributed by atoms with E-state index in [1.165, 1.54) is 0 Å². The minimum absolute atomic E-state index is 0.429. The first-order chi connectivity index (χ1) is 11.0. The third-order valence-corrected chi connectivity index (χ3v) is 4.59. The molecule has 1 fully saturated rings. The monoisotopic (exact) mass is 329 g/mol. The highest BCUT2D eigenvalue weighted by molar-refractivity contribution is 6.30. The lowest BCUT2D eigenvalue weighted by molar-refractivity contribution is 0.229. The molecule has 118 valence electrons. The number of nitrogens with two attached hydrogens (primary N) is 1. The summed E-state index contributed by atoms with van der Waals surface area (Å²) >= 11 is 5.92. The standard InChI is InChI=1S/C16H16ClN5O/c1-10-13(9-22(20-10)12-5-3-11(17)4-6-12)14-19-15(21-23-14)16(18)7-2-8-16/h3-6,9H,2,7-8,18H2,1H3. The summed E-state index contributed by atoms with van der Waals surface area (Å²) in [7, 11) is 0. The Balaban J connectivity index is 1.68. The Morgan fingerprint density at radius 1 is 1.26 bits per heavy atom. The van der Waals surface area contributed by atoms with E-state index in [1.807, 2.05) is 37.4 Å². The van der Waals surface area contributed by atoms with Crippen molar-refractivity contribution in [2.24, 2.45) is 5.73 Å². The van der Waals surface area contributed by atoms with E-state index in [9.17, 15) is 0 Å². The van der Waals surface area contributed by atoms with Crippen molar-refractivity contribution < 1.29 is 4.52 Å². The number of rotatable bonds is 3. The van der Waals surface area contributed by atoms with Gasteiger partial charge < -0.3 is 10.3 Å². The lowest BCUT2D eigenvalue weighted by atomic mass is 9.77. The number of benzene rings is 1. The zero-order valence-corrected chi connectivity index (χ0v) is 13.4. The minimum Gasteiger partial charge on any atom is -0.334 e.